The van der Waals surface area contributed by atoms with Gasteiger partial charge in [0.2, 0.25) is 0 Å². The second-order valence-electron chi connectivity index (χ2n) is 3.58. The third kappa shape index (κ3) is 1.72. The summed E-state index contributed by atoms with van der Waals surface area (Å²) in [7, 11) is 0. The predicted molar refractivity (Wildman–Crippen MR) is 66.1 cm³/mol. The van der Waals surface area contributed by atoms with Gasteiger partial charge in [-0.05, 0) is 22.0 Å². The molecule has 0 saturated heterocycles. The Morgan fingerprint density at radius 1 is 1.18 bits per heavy atom. The summed E-state index contributed by atoms with van der Waals surface area (Å²) < 4.78 is 16.0. The minimum atomic E-state index is -0.264. The van der Waals surface area contributed by atoms with Gasteiger partial charge in [0, 0.05) is 23.5 Å². The number of hydrogen-bond acceptors (Lipinski definition) is 2. The highest BCUT2D eigenvalue weighted by Crippen LogP contribution is 2.23. The summed E-state index contributed by atoms with van der Waals surface area (Å²) in [5.74, 6) is -0.264. The lowest BCUT2D eigenvalue weighted by atomic mass is 10.1. The lowest BCUT2D eigenvalue weighted by Crippen LogP contribution is -1.92. The Morgan fingerprint density at radius 2 is 2.00 bits per heavy atom. The highest BCUT2D eigenvalue weighted by molar-refractivity contribution is 9.10. The van der Waals surface area contributed by atoms with Crippen LogP contribution in [0.25, 0.3) is 16.8 Å². The van der Waals surface area contributed by atoms with E-state index >= 15 is 0 Å². The molecule has 2 aromatic heterocycles. The maximum Gasteiger partial charge on any atom is 0.169 e. The fraction of sp³-hybridized carbons (Fsp3) is 0. The molecule has 84 valence electrons. The monoisotopic (exact) mass is 291 g/mol. The van der Waals surface area contributed by atoms with Crippen LogP contribution in [0.1, 0.15) is 0 Å². The fourth-order valence-corrected chi connectivity index (χ4v) is 2.06. The highest BCUT2D eigenvalue weighted by atomic mass is 79.9. The Kier molecular flexibility index (Phi) is 2.40. The molecule has 0 radical (unpaired) electrons. The molecule has 0 N–H and O–H groups in total. The third-order valence-corrected chi connectivity index (χ3v) is 3.06. The van der Waals surface area contributed by atoms with Gasteiger partial charge in [-0.25, -0.2) is 13.9 Å². The van der Waals surface area contributed by atoms with Crippen LogP contribution in [-0.2, 0) is 0 Å². The molecule has 0 aliphatic heterocycles. The molecule has 0 unspecified atom stereocenters. The number of aromatic nitrogens is 3. The van der Waals surface area contributed by atoms with Gasteiger partial charge >= 0.3 is 0 Å². The second-order valence-corrected chi connectivity index (χ2v) is 4.44. The SMILES string of the molecule is Fc1ccccc1-c1cnc2c(Br)cnn2c1. The van der Waals surface area contributed by atoms with Crippen LogP contribution in [0, 0.1) is 5.82 Å². The zero-order valence-corrected chi connectivity index (χ0v) is 10.2. The molecule has 2 heterocycles. The Balaban J connectivity index is 2.22. The van der Waals surface area contributed by atoms with Crippen molar-refractivity contribution in [1.29, 1.82) is 0 Å². The average Bonchev–Trinajstić information content (AvgIpc) is 2.71. The Labute approximate surface area is 105 Å². The van der Waals surface area contributed by atoms with E-state index in [9.17, 15) is 4.39 Å². The number of hydrogen-bond donors (Lipinski definition) is 0. The van der Waals surface area contributed by atoms with Gasteiger partial charge < -0.3 is 0 Å². The van der Waals surface area contributed by atoms with Gasteiger partial charge in [0.05, 0.1) is 10.7 Å². The van der Waals surface area contributed by atoms with Crippen LogP contribution in [0.4, 0.5) is 4.39 Å². The van der Waals surface area contributed by atoms with E-state index < -0.39 is 0 Å². The van der Waals surface area contributed by atoms with Crippen LogP contribution < -0.4 is 0 Å². The summed E-state index contributed by atoms with van der Waals surface area (Å²) in [6.45, 7) is 0. The standard InChI is InChI=1S/C12H7BrFN3/c13-10-6-16-17-7-8(5-15-12(10)17)9-3-1-2-4-11(9)14/h1-7H. The Bertz CT molecular complexity index is 693. The van der Waals surface area contributed by atoms with E-state index in [-0.39, 0.29) is 5.82 Å². The van der Waals surface area contributed by atoms with Crippen LogP contribution in [0.5, 0.6) is 0 Å². The lowest BCUT2D eigenvalue weighted by molar-refractivity contribution is 0.631. The lowest BCUT2D eigenvalue weighted by Gasteiger charge is -2.03. The van der Waals surface area contributed by atoms with Crippen molar-refractivity contribution in [3.8, 4) is 11.1 Å². The Hall–Kier alpha value is -1.75. The summed E-state index contributed by atoms with van der Waals surface area (Å²) in [4.78, 5) is 4.25. The maximum absolute atomic E-state index is 13.6. The van der Waals surface area contributed by atoms with Crippen molar-refractivity contribution in [2.45, 2.75) is 0 Å². The molecule has 0 bridgehead atoms. The second kappa shape index (κ2) is 3.92. The van der Waals surface area contributed by atoms with E-state index in [1.165, 1.54) is 6.07 Å². The molecule has 0 amide bonds. The normalized spacial score (nSPS) is 10.9. The molecule has 3 nitrogen and oxygen atoms in total. The summed E-state index contributed by atoms with van der Waals surface area (Å²) in [5, 5.41) is 4.12. The molecular weight excluding hydrogens is 285 g/mol. The molecule has 0 fully saturated rings. The summed E-state index contributed by atoms with van der Waals surface area (Å²) in [6.07, 6.45) is 5.05. The molecule has 3 aromatic rings. The van der Waals surface area contributed by atoms with E-state index in [1.807, 2.05) is 0 Å². The first-order valence-electron chi connectivity index (χ1n) is 4.99. The minimum absolute atomic E-state index is 0.264. The largest absolute Gasteiger partial charge is 0.235 e. The average molecular weight is 292 g/mol. The molecule has 0 aliphatic rings. The molecule has 0 saturated carbocycles. The minimum Gasteiger partial charge on any atom is -0.235 e. The van der Waals surface area contributed by atoms with Crippen molar-refractivity contribution < 1.29 is 4.39 Å². The van der Waals surface area contributed by atoms with Crippen molar-refractivity contribution in [2.75, 3.05) is 0 Å². The number of halogens is 2. The van der Waals surface area contributed by atoms with E-state index in [4.69, 9.17) is 0 Å². The summed E-state index contributed by atoms with van der Waals surface area (Å²) in [5.41, 5.74) is 1.94. The zero-order chi connectivity index (χ0) is 11.8. The molecule has 0 aliphatic carbocycles. The third-order valence-electron chi connectivity index (χ3n) is 2.50. The summed E-state index contributed by atoms with van der Waals surface area (Å²) in [6, 6.07) is 6.60. The van der Waals surface area contributed by atoms with Crippen molar-refractivity contribution >= 4 is 21.6 Å². The number of benzene rings is 1. The molecule has 17 heavy (non-hydrogen) atoms. The fourth-order valence-electron chi connectivity index (χ4n) is 1.68. The highest BCUT2D eigenvalue weighted by Gasteiger charge is 2.07. The summed E-state index contributed by atoms with van der Waals surface area (Å²) >= 11 is 3.34. The number of fused-ring (bicyclic) bond motifs is 1. The molecule has 1 aromatic carbocycles. The zero-order valence-electron chi connectivity index (χ0n) is 8.64. The van der Waals surface area contributed by atoms with Crippen molar-refractivity contribution in [3.05, 3.63) is 53.1 Å². The first-order chi connectivity index (χ1) is 8.25. The van der Waals surface area contributed by atoms with E-state index in [1.54, 1.807) is 41.3 Å². The first kappa shape index (κ1) is 10.4. The van der Waals surface area contributed by atoms with Crippen molar-refractivity contribution in [2.24, 2.45) is 0 Å². The number of nitrogens with zero attached hydrogens (tertiary/aromatic N) is 3. The van der Waals surface area contributed by atoms with Crippen LogP contribution >= 0.6 is 15.9 Å². The predicted octanol–water partition coefficient (Wildman–Crippen LogP) is 3.30. The molecular formula is C12H7BrFN3. The van der Waals surface area contributed by atoms with E-state index in [0.717, 1.165) is 4.47 Å². The van der Waals surface area contributed by atoms with Gasteiger partial charge in [-0.3, -0.25) is 0 Å². The van der Waals surface area contributed by atoms with Crippen LogP contribution in [0.2, 0.25) is 0 Å². The van der Waals surface area contributed by atoms with Crippen molar-refractivity contribution in [1.82, 2.24) is 14.6 Å². The van der Waals surface area contributed by atoms with Gasteiger partial charge in [-0.15, -0.1) is 0 Å². The smallest absolute Gasteiger partial charge is 0.169 e. The van der Waals surface area contributed by atoms with Gasteiger partial charge in [0.15, 0.2) is 5.65 Å². The molecule has 0 atom stereocenters. The molecule has 5 heteroatoms. The molecule has 0 spiro atoms. The molecule has 3 rings (SSSR count). The van der Waals surface area contributed by atoms with Gasteiger partial charge in [-0.1, -0.05) is 18.2 Å². The van der Waals surface area contributed by atoms with Gasteiger partial charge in [0.1, 0.15) is 5.82 Å². The Morgan fingerprint density at radius 3 is 2.82 bits per heavy atom. The van der Waals surface area contributed by atoms with Crippen LogP contribution in [0.15, 0.2) is 47.3 Å². The van der Waals surface area contributed by atoms with Gasteiger partial charge in [-0.2, -0.15) is 5.10 Å². The van der Waals surface area contributed by atoms with Crippen LogP contribution in [-0.4, -0.2) is 14.6 Å². The van der Waals surface area contributed by atoms with Gasteiger partial charge in [0.25, 0.3) is 0 Å². The maximum atomic E-state index is 13.6. The van der Waals surface area contributed by atoms with Crippen LogP contribution in [0.3, 0.4) is 0 Å². The van der Waals surface area contributed by atoms with E-state index in [0.29, 0.717) is 16.8 Å². The van der Waals surface area contributed by atoms with E-state index in [2.05, 4.69) is 26.0 Å². The van der Waals surface area contributed by atoms with Crippen molar-refractivity contribution in [3.63, 3.8) is 0 Å². The first-order valence-corrected chi connectivity index (χ1v) is 5.79. The quantitative estimate of drug-likeness (QED) is 0.689. The topological polar surface area (TPSA) is 30.2 Å². The number of rotatable bonds is 1.